The maximum atomic E-state index is 7.13. The van der Waals surface area contributed by atoms with E-state index in [0.29, 0.717) is 35.2 Å². The van der Waals surface area contributed by atoms with Crippen molar-refractivity contribution in [3.63, 3.8) is 0 Å². The van der Waals surface area contributed by atoms with E-state index in [9.17, 15) is 0 Å². The van der Waals surface area contributed by atoms with Crippen LogP contribution in [0.3, 0.4) is 0 Å². The van der Waals surface area contributed by atoms with Crippen molar-refractivity contribution in [1.29, 1.82) is 0 Å². The van der Waals surface area contributed by atoms with E-state index in [4.69, 9.17) is 38.7 Å². The average Bonchev–Trinajstić information content (AvgIpc) is 1.56. The van der Waals surface area contributed by atoms with Gasteiger partial charge in [0.2, 0.25) is 11.9 Å². The van der Waals surface area contributed by atoms with Crippen LogP contribution in [-0.2, 0) is 0 Å². The molecule has 10 nitrogen and oxygen atoms in total. The number of hydrogen-bond donors (Lipinski definition) is 0. The number of furan rings is 2. The highest BCUT2D eigenvalue weighted by atomic mass is 16.3. The minimum Gasteiger partial charge on any atom is -0.453 e. The monoisotopic (exact) mass is 1360 g/mol. The first-order valence-electron chi connectivity index (χ1n) is 35.5. The molecule has 0 aliphatic heterocycles. The molecule has 0 saturated carbocycles. The minimum absolute atomic E-state index is 0.522. The summed E-state index contributed by atoms with van der Waals surface area (Å²) in [5.41, 5.74) is 21.9. The van der Waals surface area contributed by atoms with Gasteiger partial charge in [0.25, 0.3) is 0 Å². The molecule has 0 aliphatic rings. The quantitative estimate of drug-likeness (QED) is 0.126. The third-order valence-electron chi connectivity index (χ3n) is 20.1. The van der Waals surface area contributed by atoms with Crippen LogP contribution in [-0.4, -0.2) is 39.0 Å². The van der Waals surface area contributed by atoms with E-state index in [1.165, 1.54) is 0 Å². The topological polar surface area (TPSA) is 113 Å². The Balaban J connectivity index is 0.000000141. The Hall–Kier alpha value is -14.5. The van der Waals surface area contributed by atoms with Gasteiger partial charge in [-0.3, -0.25) is 9.13 Å². The Kier molecular flexibility index (Phi) is 15.0. The molecule has 0 saturated heterocycles. The normalized spacial score (nSPS) is 11.6. The number of aromatic nitrogens is 8. The second kappa shape index (κ2) is 25.8. The number of fused-ring (bicyclic) bond motifs is 14. The van der Waals surface area contributed by atoms with Gasteiger partial charge in [-0.25, -0.2) is 9.97 Å². The second-order valence-electron chi connectivity index (χ2n) is 26.5. The molecular formula is C96H60N8O2. The number of hydrogen-bond acceptors (Lipinski definition) is 8. The van der Waals surface area contributed by atoms with Gasteiger partial charge in [0.15, 0.2) is 34.5 Å². The number of nitrogens with zero attached hydrogens (tertiary/aromatic N) is 8. The molecular weight excluding hydrogens is 1300 g/mol. The van der Waals surface area contributed by atoms with Gasteiger partial charge in [0.1, 0.15) is 22.2 Å². The highest BCUT2D eigenvalue weighted by molar-refractivity contribution is 6.24. The van der Waals surface area contributed by atoms with Gasteiger partial charge >= 0.3 is 0 Å². The van der Waals surface area contributed by atoms with Gasteiger partial charge in [-0.2, -0.15) is 19.9 Å². The van der Waals surface area contributed by atoms with E-state index in [2.05, 4.69) is 264 Å². The smallest absolute Gasteiger partial charge is 0.238 e. The van der Waals surface area contributed by atoms with Crippen LogP contribution in [0, 0.1) is 0 Å². The third-order valence-corrected chi connectivity index (χ3v) is 20.1. The number of benzene rings is 15. The molecule has 496 valence electrons. The van der Waals surface area contributed by atoms with Crippen LogP contribution in [0.15, 0.2) is 373 Å². The second-order valence-corrected chi connectivity index (χ2v) is 26.5. The third kappa shape index (κ3) is 10.7. The van der Waals surface area contributed by atoms with Crippen molar-refractivity contribution in [2.24, 2.45) is 0 Å². The van der Waals surface area contributed by atoms with Crippen molar-refractivity contribution in [3.8, 4) is 113 Å². The Labute approximate surface area is 608 Å². The Morgan fingerprint density at radius 1 is 0.179 bits per heavy atom. The SMILES string of the molecule is c1ccc(-c2cc(-c3ccccc3)c3oc4c(ccc5c6ccccc6n(-c6nc(-c7ccccc7)nc(-c7ccccc7)n6)c54)c3c2)cc1.c1ccc(-c2ccc(-c3nc(-c4ccccc4)nc(-n4c5ccccc5c5ccc6c7cc(-c8ccccc8)cc(-c8ccccc8)c7oc6c54)n3)cc2)cc1. The molecule has 0 fully saturated rings. The van der Waals surface area contributed by atoms with Crippen molar-refractivity contribution in [2.75, 3.05) is 0 Å². The summed E-state index contributed by atoms with van der Waals surface area (Å²) in [6.07, 6.45) is 0. The van der Waals surface area contributed by atoms with Gasteiger partial charge in [-0.1, -0.05) is 315 Å². The van der Waals surface area contributed by atoms with Crippen molar-refractivity contribution in [1.82, 2.24) is 39.0 Å². The summed E-state index contributed by atoms with van der Waals surface area (Å²) in [6.45, 7) is 0. The molecule has 106 heavy (non-hydrogen) atoms. The molecule has 15 aromatic carbocycles. The lowest BCUT2D eigenvalue weighted by molar-refractivity contribution is 0.671. The molecule has 0 atom stereocenters. The summed E-state index contributed by atoms with van der Waals surface area (Å²) in [5, 5.41) is 8.50. The molecule has 0 bridgehead atoms. The first kappa shape index (κ1) is 61.4. The summed E-state index contributed by atoms with van der Waals surface area (Å²) in [7, 11) is 0. The Bertz CT molecular complexity index is 6830. The molecule has 0 radical (unpaired) electrons. The summed E-state index contributed by atoms with van der Waals surface area (Å²) in [6, 6.07) is 126. The van der Waals surface area contributed by atoms with Crippen LogP contribution in [0.1, 0.15) is 0 Å². The molecule has 21 aromatic rings. The van der Waals surface area contributed by atoms with Crippen LogP contribution in [0.25, 0.3) is 201 Å². The molecule has 0 unspecified atom stereocenters. The lowest BCUT2D eigenvalue weighted by Crippen LogP contribution is -2.06. The molecule has 21 rings (SSSR count). The zero-order valence-corrected chi connectivity index (χ0v) is 57.0. The highest BCUT2D eigenvalue weighted by Gasteiger charge is 2.27. The van der Waals surface area contributed by atoms with E-state index in [1.54, 1.807) is 0 Å². The first-order chi connectivity index (χ1) is 52.6. The van der Waals surface area contributed by atoms with Crippen LogP contribution in [0.5, 0.6) is 0 Å². The molecule has 0 aliphatic carbocycles. The average molecular weight is 1360 g/mol. The molecule has 0 spiro atoms. The minimum atomic E-state index is 0.522. The van der Waals surface area contributed by atoms with Crippen LogP contribution < -0.4 is 0 Å². The van der Waals surface area contributed by atoms with Gasteiger partial charge in [-0.05, 0) is 93.0 Å². The molecule has 10 heteroatoms. The van der Waals surface area contributed by atoms with Crippen molar-refractivity contribution in [3.05, 3.63) is 364 Å². The fourth-order valence-corrected chi connectivity index (χ4v) is 15.1. The highest BCUT2D eigenvalue weighted by Crippen LogP contribution is 2.47. The van der Waals surface area contributed by atoms with E-state index < -0.39 is 0 Å². The Morgan fingerprint density at radius 2 is 0.443 bits per heavy atom. The fraction of sp³-hybridized carbons (Fsp3) is 0. The first-order valence-corrected chi connectivity index (χ1v) is 35.5. The van der Waals surface area contributed by atoms with Gasteiger partial charge in [-0.15, -0.1) is 0 Å². The van der Waals surface area contributed by atoms with Crippen molar-refractivity contribution in [2.45, 2.75) is 0 Å². The standard InChI is InChI=1S/C51H32N4O.C45H28N4O/c1-5-15-33(16-6-1)35-25-27-38(28-26-35)50-52-49(37-21-11-4-12-22-37)53-51(54-50)55-45-24-14-13-23-40(45)41-29-30-42-44-32-39(34-17-7-2-8-18-34)31-43(36-19-9-3-10-20-36)47(44)56-48(42)46(41)55;1-5-15-29(16-6-1)33-27-37(30-17-7-2-8-18-30)41-38(28-33)36-26-25-35-34-23-13-14-24-39(34)49(40(35)42(36)50-41)45-47-43(31-19-9-3-10-20-31)46-44(48-45)32-21-11-4-12-22-32/h1-32H;1-28H. The number of rotatable bonds is 11. The number of para-hydroxylation sites is 2. The predicted molar refractivity (Wildman–Crippen MR) is 432 cm³/mol. The fourth-order valence-electron chi connectivity index (χ4n) is 15.1. The predicted octanol–water partition coefficient (Wildman–Crippen LogP) is 24.7. The molecule has 0 amide bonds. The van der Waals surface area contributed by atoms with Crippen LogP contribution in [0.2, 0.25) is 0 Å². The lowest BCUT2D eigenvalue weighted by atomic mass is 9.95. The van der Waals surface area contributed by atoms with E-state index in [-0.39, 0.29) is 0 Å². The van der Waals surface area contributed by atoms with Crippen LogP contribution >= 0.6 is 0 Å². The van der Waals surface area contributed by atoms with E-state index >= 15 is 0 Å². The summed E-state index contributed by atoms with van der Waals surface area (Å²) in [5.74, 6) is 3.46. The Morgan fingerprint density at radius 3 is 0.792 bits per heavy atom. The zero-order chi connectivity index (χ0) is 70.0. The molecule has 6 aromatic heterocycles. The molecule has 0 N–H and O–H groups in total. The van der Waals surface area contributed by atoms with E-state index in [0.717, 1.165) is 165 Å². The maximum Gasteiger partial charge on any atom is 0.238 e. The zero-order valence-electron chi connectivity index (χ0n) is 57.0. The van der Waals surface area contributed by atoms with Crippen molar-refractivity contribution >= 4 is 87.5 Å². The summed E-state index contributed by atoms with van der Waals surface area (Å²) in [4.78, 5) is 30.8. The van der Waals surface area contributed by atoms with E-state index in [1.807, 2.05) is 109 Å². The maximum absolute atomic E-state index is 7.13. The largest absolute Gasteiger partial charge is 0.453 e. The molecule has 6 heterocycles. The van der Waals surface area contributed by atoms with Gasteiger partial charge in [0, 0.05) is 76.5 Å². The van der Waals surface area contributed by atoms with Crippen molar-refractivity contribution < 1.29 is 8.83 Å². The lowest BCUT2D eigenvalue weighted by Gasteiger charge is -2.11. The van der Waals surface area contributed by atoms with Crippen LogP contribution in [0.4, 0.5) is 0 Å². The summed E-state index contributed by atoms with van der Waals surface area (Å²) >= 11 is 0. The summed E-state index contributed by atoms with van der Waals surface area (Å²) < 4.78 is 18.5. The van der Waals surface area contributed by atoms with Gasteiger partial charge < -0.3 is 8.83 Å². The van der Waals surface area contributed by atoms with Gasteiger partial charge in [0.05, 0.1) is 11.0 Å².